The summed E-state index contributed by atoms with van der Waals surface area (Å²) >= 11 is 1.45. The van der Waals surface area contributed by atoms with Crippen LogP contribution in [0.2, 0.25) is 0 Å². The van der Waals surface area contributed by atoms with Crippen molar-refractivity contribution in [1.82, 2.24) is 16.0 Å². The Kier molecular flexibility index (Phi) is 14.2. The number of hydrogen-bond acceptors (Lipinski definition) is 8. The average molecular weight is 554 g/mol. The zero-order valence-corrected chi connectivity index (χ0v) is 22.8. The van der Waals surface area contributed by atoms with Crippen molar-refractivity contribution >= 4 is 41.4 Å². The van der Waals surface area contributed by atoms with Crippen LogP contribution >= 0.6 is 11.8 Å². The molecule has 0 heterocycles. The summed E-state index contributed by atoms with van der Waals surface area (Å²) in [6.45, 7) is 3.57. The van der Waals surface area contributed by atoms with E-state index in [0.717, 1.165) is 0 Å². The lowest BCUT2D eigenvalue weighted by atomic mass is 9.96. The van der Waals surface area contributed by atoms with E-state index in [9.17, 15) is 34.2 Å². The molecular weight excluding hydrogens is 514 g/mol. The van der Waals surface area contributed by atoms with Crippen LogP contribution in [0.15, 0.2) is 24.3 Å². The molecule has 0 saturated heterocycles. The number of rotatable bonds is 17. The highest BCUT2D eigenvalue weighted by molar-refractivity contribution is 7.98. The number of nitrogens with one attached hydrogen (secondary N) is 3. The second-order valence-electron chi connectivity index (χ2n) is 9.10. The Morgan fingerprint density at radius 2 is 1.55 bits per heavy atom. The monoisotopic (exact) mass is 553 g/mol. The number of aliphatic carboxylic acids is 1. The molecule has 12 nitrogen and oxygen atoms in total. The molecule has 0 fully saturated rings. The Hall–Kier alpha value is -3.32. The van der Waals surface area contributed by atoms with Gasteiger partial charge in [0.25, 0.3) is 0 Å². The molecule has 0 aliphatic rings. The maximum absolute atomic E-state index is 13.4. The molecule has 1 aromatic carbocycles. The molecule has 4 amide bonds. The van der Waals surface area contributed by atoms with Crippen molar-refractivity contribution in [3.05, 3.63) is 29.8 Å². The van der Waals surface area contributed by atoms with Gasteiger partial charge in [-0.3, -0.25) is 19.2 Å². The molecule has 0 saturated carbocycles. The number of amides is 4. The van der Waals surface area contributed by atoms with Crippen LogP contribution in [0.4, 0.5) is 0 Å². The minimum atomic E-state index is -1.18. The van der Waals surface area contributed by atoms with Gasteiger partial charge in [0.05, 0.1) is 6.04 Å². The van der Waals surface area contributed by atoms with Gasteiger partial charge in [-0.1, -0.05) is 32.4 Å². The number of aromatic hydroxyl groups is 1. The van der Waals surface area contributed by atoms with E-state index < -0.39 is 53.8 Å². The maximum Gasteiger partial charge on any atom is 0.326 e. The summed E-state index contributed by atoms with van der Waals surface area (Å²) in [5, 5.41) is 26.8. The van der Waals surface area contributed by atoms with E-state index in [-0.39, 0.29) is 37.4 Å². The summed E-state index contributed by atoms with van der Waals surface area (Å²) in [6.07, 6.45) is 2.44. The second-order valence-corrected chi connectivity index (χ2v) is 10.1. The molecule has 0 aliphatic heterocycles. The smallest absolute Gasteiger partial charge is 0.326 e. The number of nitrogens with two attached hydrogens (primary N) is 2. The SMILES string of the molecule is CCC(C)C(NC(=O)C(Cc1ccc(O)cc1)NC(=O)C(N)CCC(N)=O)C(=O)NC(CCSC)C(=O)O. The quantitative estimate of drug-likeness (QED) is 0.137. The summed E-state index contributed by atoms with van der Waals surface area (Å²) in [4.78, 5) is 61.8. The number of hydrogen-bond donors (Lipinski definition) is 7. The molecule has 0 bridgehead atoms. The van der Waals surface area contributed by atoms with Gasteiger partial charge in [-0.05, 0) is 48.5 Å². The summed E-state index contributed by atoms with van der Waals surface area (Å²) in [7, 11) is 0. The van der Waals surface area contributed by atoms with Crippen LogP contribution in [0.5, 0.6) is 5.75 Å². The molecule has 9 N–H and O–H groups in total. The third-order valence-electron chi connectivity index (χ3n) is 6.07. The van der Waals surface area contributed by atoms with Gasteiger partial charge in [0.1, 0.15) is 23.9 Å². The first kappa shape index (κ1) is 32.7. The van der Waals surface area contributed by atoms with Crippen molar-refractivity contribution in [2.75, 3.05) is 12.0 Å². The van der Waals surface area contributed by atoms with E-state index in [1.807, 2.05) is 13.2 Å². The molecule has 0 spiro atoms. The topological polar surface area (TPSA) is 214 Å². The fourth-order valence-corrected chi connectivity index (χ4v) is 3.97. The number of carbonyl (C=O) groups is 5. The standard InChI is InChI=1S/C25H39N5O7S/c1-4-14(2)21(24(35)28-18(25(36)37)11-12-38-3)30-23(34)19(13-15-5-7-16(31)8-6-15)29-22(33)17(26)9-10-20(27)32/h5-8,14,17-19,21,31H,4,9-13,26H2,1-3H3,(H2,27,32)(H,28,35)(H,29,33)(H,30,34)(H,36,37). The molecule has 212 valence electrons. The van der Waals surface area contributed by atoms with E-state index in [1.54, 1.807) is 19.1 Å². The van der Waals surface area contributed by atoms with Crippen molar-refractivity contribution < 1.29 is 34.2 Å². The van der Waals surface area contributed by atoms with E-state index in [4.69, 9.17) is 11.5 Å². The molecule has 1 rings (SSSR count). The van der Waals surface area contributed by atoms with Gasteiger partial charge in [-0.25, -0.2) is 4.79 Å². The van der Waals surface area contributed by atoms with Gasteiger partial charge in [-0.15, -0.1) is 0 Å². The third-order valence-corrected chi connectivity index (χ3v) is 6.71. The fourth-order valence-electron chi connectivity index (χ4n) is 3.49. The number of carbonyl (C=O) groups excluding carboxylic acids is 4. The first-order valence-electron chi connectivity index (χ1n) is 12.3. The largest absolute Gasteiger partial charge is 0.508 e. The highest BCUT2D eigenvalue weighted by Gasteiger charge is 2.32. The Bertz CT molecular complexity index is 960. The highest BCUT2D eigenvalue weighted by atomic mass is 32.2. The molecular formula is C25H39N5O7S. The lowest BCUT2D eigenvalue weighted by molar-refractivity contribution is -0.142. The Morgan fingerprint density at radius 1 is 0.947 bits per heavy atom. The summed E-state index contributed by atoms with van der Waals surface area (Å²) in [6, 6.07) is 1.59. The van der Waals surface area contributed by atoms with Gasteiger partial charge in [-0.2, -0.15) is 11.8 Å². The van der Waals surface area contributed by atoms with Gasteiger partial charge < -0.3 is 37.6 Å². The van der Waals surface area contributed by atoms with Crippen LogP contribution in [0, 0.1) is 5.92 Å². The fraction of sp³-hybridized carbons (Fsp3) is 0.560. The molecule has 1 aromatic rings. The number of phenols is 1. The average Bonchev–Trinajstić information content (AvgIpc) is 2.87. The van der Waals surface area contributed by atoms with Crippen molar-refractivity contribution in [3.63, 3.8) is 0 Å². The zero-order chi connectivity index (χ0) is 28.8. The van der Waals surface area contributed by atoms with Crippen LogP contribution in [0.3, 0.4) is 0 Å². The van der Waals surface area contributed by atoms with Gasteiger partial charge in [0, 0.05) is 12.8 Å². The highest BCUT2D eigenvalue weighted by Crippen LogP contribution is 2.14. The summed E-state index contributed by atoms with van der Waals surface area (Å²) in [5.74, 6) is -3.60. The van der Waals surface area contributed by atoms with E-state index >= 15 is 0 Å². The maximum atomic E-state index is 13.4. The van der Waals surface area contributed by atoms with E-state index in [0.29, 0.717) is 17.7 Å². The van der Waals surface area contributed by atoms with Crippen LogP contribution in [-0.2, 0) is 30.4 Å². The zero-order valence-electron chi connectivity index (χ0n) is 21.9. The van der Waals surface area contributed by atoms with Crippen LogP contribution in [0.1, 0.15) is 45.1 Å². The number of phenolic OH excluding ortho intramolecular Hbond substituents is 1. The number of carboxylic acid groups (broad SMARTS) is 1. The first-order chi connectivity index (χ1) is 17.9. The van der Waals surface area contributed by atoms with Gasteiger partial charge in [0.15, 0.2) is 0 Å². The third kappa shape index (κ3) is 11.4. The van der Waals surface area contributed by atoms with Crippen LogP contribution in [-0.4, -0.2) is 76.0 Å². The van der Waals surface area contributed by atoms with Gasteiger partial charge >= 0.3 is 5.97 Å². The molecule has 5 atom stereocenters. The number of thioether (sulfide) groups is 1. The van der Waals surface area contributed by atoms with Crippen LogP contribution < -0.4 is 27.4 Å². The van der Waals surface area contributed by atoms with Crippen LogP contribution in [0.25, 0.3) is 0 Å². The Morgan fingerprint density at radius 3 is 2.08 bits per heavy atom. The Labute approximate surface area is 226 Å². The van der Waals surface area contributed by atoms with Crippen molar-refractivity contribution in [3.8, 4) is 5.75 Å². The van der Waals surface area contributed by atoms with Crippen molar-refractivity contribution in [2.24, 2.45) is 17.4 Å². The molecule has 0 aliphatic carbocycles. The summed E-state index contributed by atoms with van der Waals surface area (Å²) < 4.78 is 0. The van der Waals surface area contributed by atoms with Crippen molar-refractivity contribution in [1.29, 1.82) is 0 Å². The summed E-state index contributed by atoms with van der Waals surface area (Å²) in [5.41, 5.74) is 11.6. The molecule has 38 heavy (non-hydrogen) atoms. The number of carboxylic acids is 1. The minimum Gasteiger partial charge on any atom is -0.508 e. The Balaban J connectivity index is 3.13. The number of primary amides is 1. The van der Waals surface area contributed by atoms with Crippen molar-refractivity contribution in [2.45, 2.75) is 70.1 Å². The first-order valence-corrected chi connectivity index (χ1v) is 13.7. The lowest BCUT2D eigenvalue weighted by Gasteiger charge is -2.28. The predicted molar refractivity (Wildman–Crippen MR) is 144 cm³/mol. The van der Waals surface area contributed by atoms with E-state index in [2.05, 4.69) is 16.0 Å². The second kappa shape index (κ2) is 16.5. The normalized spacial score (nSPS) is 14.8. The molecule has 5 unspecified atom stereocenters. The predicted octanol–water partition coefficient (Wildman–Crippen LogP) is -0.134. The molecule has 0 radical (unpaired) electrons. The molecule has 13 heteroatoms. The molecule has 0 aromatic heterocycles. The lowest BCUT2D eigenvalue weighted by Crippen LogP contribution is -2.59. The minimum absolute atomic E-state index is 0.0146. The number of benzene rings is 1. The van der Waals surface area contributed by atoms with E-state index in [1.165, 1.54) is 23.9 Å². The van der Waals surface area contributed by atoms with Gasteiger partial charge in [0.2, 0.25) is 23.6 Å².